The number of rotatable bonds is 4. The number of carbonyl (C=O) groups excluding carboxylic acids is 2. The van der Waals surface area contributed by atoms with E-state index in [4.69, 9.17) is 5.11 Å². The quantitative estimate of drug-likeness (QED) is 0.704. The van der Waals surface area contributed by atoms with Crippen LogP contribution in [-0.4, -0.2) is 51.1 Å². The molecule has 8 heteroatoms. The average molecular weight is 266 g/mol. The number of carboxylic acid groups (broad SMARTS) is 1. The number of nitrogens with one attached hydrogen (secondary N) is 2. The molecule has 102 valence electrons. The molecular formula is C11H14N4O4. The lowest BCUT2D eigenvalue weighted by molar-refractivity contribution is -0.128. The molecule has 19 heavy (non-hydrogen) atoms. The Labute approximate surface area is 108 Å². The summed E-state index contributed by atoms with van der Waals surface area (Å²) in [6.07, 6.45) is 0.176. The van der Waals surface area contributed by atoms with Crippen LogP contribution in [0.3, 0.4) is 0 Å². The molecule has 0 bridgehead atoms. The summed E-state index contributed by atoms with van der Waals surface area (Å²) in [5.41, 5.74) is -0.104. The van der Waals surface area contributed by atoms with Crippen LogP contribution >= 0.6 is 0 Å². The van der Waals surface area contributed by atoms with Gasteiger partial charge in [0.1, 0.15) is 5.69 Å². The van der Waals surface area contributed by atoms with Crippen LogP contribution in [0.1, 0.15) is 23.8 Å². The van der Waals surface area contributed by atoms with E-state index in [1.807, 2.05) is 6.92 Å². The molecule has 1 saturated heterocycles. The Morgan fingerprint density at radius 3 is 2.89 bits per heavy atom. The van der Waals surface area contributed by atoms with Crippen molar-refractivity contribution >= 4 is 23.6 Å². The van der Waals surface area contributed by atoms with Crippen LogP contribution in [0, 0.1) is 5.92 Å². The zero-order valence-corrected chi connectivity index (χ0v) is 10.3. The second kappa shape index (κ2) is 5.09. The van der Waals surface area contributed by atoms with Crippen molar-refractivity contribution in [1.29, 1.82) is 0 Å². The molecule has 2 heterocycles. The van der Waals surface area contributed by atoms with Crippen molar-refractivity contribution < 1.29 is 19.5 Å². The zero-order valence-electron chi connectivity index (χ0n) is 10.3. The number of carbonyl (C=O) groups is 3. The Hall–Kier alpha value is -2.38. The van der Waals surface area contributed by atoms with Crippen molar-refractivity contribution in [2.75, 3.05) is 18.4 Å². The first-order valence-electron chi connectivity index (χ1n) is 5.88. The summed E-state index contributed by atoms with van der Waals surface area (Å²) < 4.78 is 0. The molecule has 2 rings (SSSR count). The molecule has 3 N–H and O–H groups in total. The highest BCUT2D eigenvalue weighted by atomic mass is 16.4. The number of carboxylic acids is 1. The van der Waals surface area contributed by atoms with E-state index in [0.717, 1.165) is 0 Å². The summed E-state index contributed by atoms with van der Waals surface area (Å²) in [4.78, 5) is 35.7. The fourth-order valence-corrected chi connectivity index (χ4v) is 1.98. The van der Waals surface area contributed by atoms with Crippen LogP contribution in [-0.2, 0) is 9.59 Å². The fraction of sp³-hybridized carbons (Fsp3) is 0.455. The number of H-pyrrole nitrogens is 1. The van der Waals surface area contributed by atoms with Crippen molar-refractivity contribution in [1.82, 2.24) is 15.1 Å². The van der Waals surface area contributed by atoms with E-state index < -0.39 is 11.9 Å². The predicted molar refractivity (Wildman–Crippen MR) is 64.5 cm³/mol. The van der Waals surface area contributed by atoms with Gasteiger partial charge in [-0.1, -0.05) is 0 Å². The number of aromatic amines is 1. The van der Waals surface area contributed by atoms with Gasteiger partial charge >= 0.3 is 5.97 Å². The normalized spacial score (nSPS) is 18.7. The number of aromatic nitrogens is 2. The summed E-state index contributed by atoms with van der Waals surface area (Å²) >= 11 is 0. The van der Waals surface area contributed by atoms with Crippen molar-refractivity contribution in [3.8, 4) is 0 Å². The molecule has 1 aromatic heterocycles. The van der Waals surface area contributed by atoms with Crippen LogP contribution in [0.2, 0.25) is 0 Å². The van der Waals surface area contributed by atoms with Crippen LogP contribution in [0.25, 0.3) is 0 Å². The standard InChI is InChI=1S/C11H14N4O4/c1-2-15-5-6(3-9(15)16)10(17)12-8-4-7(11(18)19)13-14-8/h4,6H,2-3,5H2,1H3,(H,18,19)(H2,12,13,14,17). The molecule has 1 aliphatic rings. The number of likely N-dealkylation sites (tertiary alicyclic amines) is 1. The lowest BCUT2D eigenvalue weighted by Gasteiger charge is -2.12. The monoisotopic (exact) mass is 266 g/mol. The van der Waals surface area contributed by atoms with E-state index in [0.29, 0.717) is 13.1 Å². The Balaban J connectivity index is 1.97. The number of amides is 2. The van der Waals surface area contributed by atoms with Crippen molar-refractivity contribution in [3.05, 3.63) is 11.8 Å². The van der Waals surface area contributed by atoms with Crippen molar-refractivity contribution in [2.24, 2.45) is 5.92 Å². The molecule has 1 fully saturated rings. The van der Waals surface area contributed by atoms with Gasteiger partial charge < -0.3 is 15.3 Å². The van der Waals surface area contributed by atoms with Gasteiger partial charge in [-0.2, -0.15) is 5.10 Å². The third-order valence-electron chi connectivity index (χ3n) is 3.03. The maximum Gasteiger partial charge on any atom is 0.353 e. The first-order chi connectivity index (χ1) is 9.01. The van der Waals surface area contributed by atoms with Gasteiger partial charge in [0, 0.05) is 25.6 Å². The Bertz CT molecular complexity index is 525. The van der Waals surface area contributed by atoms with E-state index in [2.05, 4.69) is 15.5 Å². The highest BCUT2D eigenvalue weighted by Crippen LogP contribution is 2.19. The van der Waals surface area contributed by atoms with E-state index in [1.165, 1.54) is 6.07 Å². The Morgan fingerprint density at radius 2 is 2.37 bits per heavy atom. The molecule has 1 atom stereocenters. The second-order valence-electron chi connectivity index (χ2n) is 4.29. The van der Waals surface area contributed by atoms with Crippen molar-refractivity contribution in [2.45, 2.75) is 13.3 Å². The second-order valence-corrected chi connectivity index (χ2v) is 4.29. The molecule has 1 unspecified atom stereocenters. The smallest absolute Gasteiger partial charge is 0.353 e. The maximum absolute atomic E-state index is 11.9. The first-order valence-corrected chi connectivity index (χ1v) is 5.88. The zero-order chi connectivity index (χ0) is 14.0. The minimum atomic E-state index is -1.15. The maximum atomic E-state index is 11.9. The lowest BCUT2D eigenvalue weighted by atomic mass is 10.1. The van der Waals surface area contributed by atoms with Gasteiger partial charge in [-0.25, -0.2) is 4.79 Å². The van der Waals surface area contributed by atoms with Gasteiger partial charge in [0.15, 0.2) is 5.82 Å². The summed E-state index contributed by atoms with van der Waals surface area (Å²) in [6.45, 7) is 2.82. The molecule has 1 aliphatic heterocycles. The number of hydrogen-bond donors (Lipinski definition) is 3. The van der Waals surface area contributed by atoms with E-state index in [1.54, 1.807) is 4.90 Å². The van der Waals surface area contributed by atoms with Crippen LogP contribution < -0.4 is 5.32 Å². The lowest BCUT2D eigenvalue weighted by Crippen LogP contribution is -2.28. The molecule has 0 aliphatic carbocycles. The third-order valence-corrected chi connectivity index (χ3v) is 3.03. The van der Waals surface area contributed by atoms with Gasteiger partial charge in [0.25, 0.3) is 0 Å². The minimum Gasteiger partial charge on any atom is -0.477 e. The van der Waals surface area contributed by atoms with Gasteiger partial charge in [-0.15, -0.1) is 0 Å². The number of nitrogens with zero attached hydrogens (tertiary/aromatic N) is 2. The third kappa shape index (κ3) is 2.72. The van der Waals surface area contributed by atoms with Crippen LogP contribution in [0.4, 0.5) is 5.82 Å². The van der Waals surface area contributed by atoms with Gasteiger partial charge in [-0.3, -0.25) is 14.7 Å². The van der Waals surface area contributed by atoms with Crippen molar-refractivity contribution in [3.63, 3.8) is 0 Å². The van der Waals surface area contributed by atoms with Crippen LogP contribution in [0.15, 0.2) is 6.07 Å². The molecule has 0 saturated carbocycles. The summed E-state index contributed by atoms with van der Waals surface area (Å²) in [5.74, 6) is -1.80. The van der Waals surface area contributed by atoms with Crippen LogP contribution in [0.5, 0.6) is 0 Å². The molecular weight excluding hydrogens is 252 g/mol. The van der Waals surface area contributed by atoms with Gasteiger partial charge in [-0.05, 0) is 6.92 Å². The topological polar surface area (TPSA) is 115 Å². The SMILES string of the molecule is CCN1CC(C(=O)Nc2cc(C(=O)O)[nH]n2)CC1=O. The van der Waals surface area contributed by atoms with Gasteiger partial charge in [0.05, 0.1) is 5.92 Å². The fourth-order valence-electron chi connectivity index (χ4n) is 1.98. The Morgan fingerprint density at radius 1 is 1.63 bits per heavy atom. The summed E-state index contributed by atoms with van der Waals surface area (Å²) in [6, 6.07) is 1.23. The highest BCUT2D eigenvalue weighted by molar-refractivity contribution is 5.97. The summed E-state index contributed by atoms with van der Waals surface area (Å²) in [7, 11) is 0. The summed E-state index contributed by atoms with van der Waals surface area (Å²) in [5, 5.41) is 17.2. The first kappa shape index (κ1) is 13.1. The molecule has 2 amide bonds. The molecule has 0 aromatic carbocycles. The number of anilines is 1. The van der Waals surface area contributed by atoms with E-state index in [9.17, 15) is 14.4 Å². The predicted octanol–water partition coefficient (Wildman–Crippen LogP) is -0.0852. The molecule has 0 radical (unpaired) electrons. The molecule has 8 nitrogen and oxygen atoms in total. The number of hydrogen-bond acceptors (Lipinski definition) is 4. The van der Waals surface area contributed by atoms with E-state index >= 15 is 0 Å². The van der Waals surface area contributed by atoms with E-state index in [-0.39, 0.29) is 29.7 Å². The molecule has 0 spiro atoms. The Kier molecular flexibility index (Phi) is 3.50. The average Bonchev–Trinajstić information content (AvgIpc) is 2.95. The minimum absolute atomic E-state index is 0.0455. The molecule has 1 aromatic rings. The largest absolute Gasteiger partial charge is 0.477 e. The number of aromatic carboxylic acids is 1. The highest BCUT2D eigenvalue weighted by Gasteiger charge is 2.33. The van der Waals surface area contributed by atoms with Gasteiger partial charge in [0.2, 0.25) is 11.8 Å².